The van der Waals surface area contributed by atoms with Crippen LogP contribution in [0.1, 0.15) is 40.5 Å². The van der Waals surface area contributed by atoms with E-state index in [0.29, 0.717) is 5.41 Å². The first-order valence-electron chi connectivity index (χ1n) is 5.85. The zero-order valence-electron chi connectivity index (χ0n) is 10.6. The fraction of sp³-hybridized carbons (Fsp3) is 1.00. The lowest BCUT2D eigenvalue weighted by Crippen LogP contribution is -2.38. The van der Waals surface area contributed by atoms with Crippen molar-refractivity contribution in [2.75, 3.05) is 31.6 Å². The van der Waals surface area contributed by atoms with E-state index >= 15 is 0 Å². The van der Waals surface area contributed by atoms with Crippen molar-refractivity contribution in [2.45, 2.75) is 40.5 Å². The molecule has 0 amide bonds. The molecule has 86 valence electrons. The zero-order valence-corrected chi connectivity index (χ0v) is 11.4. The van der Waals surface area contributed by atoms with Crippen molar-refractivity contribution in [1.29, 1.82) is 0 Å². The van der Waals surface area contributed by atoms with E-state index < -0.39 is 0 Å². The standard InChI is InChI=1S/C10H21NS.C2H6/c1-10(2)4-6-11(7-5-10)8-9-12-3;1-2/h4-9H2,1-3H3;1-2H3. The average molecular weight is 217 g/mol. The Balaban J connectivity index is 0.000000791. The molecule has 1 fully saturated rings. The lowest BCUT2D eigenvalue weighted by molar-refractivity contribution is 0.139. The fourth-order valence-corrected chi connectivity index (χ4v) is 2.04. The molecule has 0 aromatic rings. The van der Waals surface area contributed by atoms with E-state index in [0.717, 1.165) is 0 Å². The normalized spacial score (nSPS) is 21.2. The molecule has 0 atom stereocenters. The SMILES string of the molecule is CC.CSCCN1CCC(C)(C)CC1. The predicted molar refractivity (Wildman–Crippen MR) is 69.2 cm³/mol. The molecule has 2 heteroatoms. The van der Waals surface area contributed by atoms with Crippen molar-refractivity contribution < 1.29 is 0 Å². The van der Waals surface area contributed by atoms with E-state index in [4.69, 9.17) is 0 Å². The van der Waals surface area contributed by atoms with E-state index in [2.05, 4.69) is 25.0 Å². The largest absolute Gasteiger partial charge is 0.302 e. The number of thioether (sulfide) groups is 1. The Morgan fingerprint density at radius 2 is 1.64 bits per heavy atom. The fourth-order valence-electron chi connectivity index (χ4n) is 1.60. The maximum absolute atomic E-state index is 2.60. The van der Waals surface area contributed by atoms with Gasteiger partial charge in [-0.05, 0) is 37.6 Å². The lowest BCUT2D eigenvalue weighted by atomic mass is 9.83. The van der Waals surface area contributed by atoms with Crippen molar-refractivity contribution in [2.24, 2.45) is 5.41 Å². The van der Waals surface area contributed by atoms with Gasteiger partial charge in [-0.15, -0.1) is 0 Å². The van der Waals surface area contributed by atoms with Gasteiger partial charge in [0.25, 0.3) is 0 Å². The number of hydrogen-bond acceptors (Lipinski definition) is 2. The van der Waals surface area contributed by atoms with E-state index in [1.807, 2.05) is 25.6 Å². The summed E-state index contributed by atoms with van der Waals surface area (Å²) in [6, 6.07) is 0. The van der Waals surface area contributed by atoms with Crippen molar-refractivity contribution in [3.8, 4) is 0 Å². The third-order valence-electron chi connectivity index (χ3n) is 2.82. The van der Waals surface area contributed by atoms with E-state index in [1.165, 1.54) is 38.2 Å². The molecule has 1 nitrogen and oxygen atoms in total. The molecular weight excluding hydrogens is 190 g/mol. The summed E-state index contributed by atoms with van der Waals surface area (Å²) in [5, 5.41) is 0. The molecule has 1 aliphatic heterocycles. The number of piperidine rings is 1. The topological polar surface area (TPSA) is 3.24 Å². The lowest BCUT2D eigenvalue weighted by Gasteiger charge is -2.36. The van der Waals surface area contributed by atoms with Crippen LogP contribution in [0.25, 0.3) is 0 Å². The molecular formula is C12H27NS. The van der Waals surface area contributed by atoms with Crippen LogP contribution in [-0.2, 0) is 0 Å². The second kappa shape index (κ2) is 7.58. The number of rotatable bonds is 3. The van der Waals surface area contributed by atoms with Gasteiger partial charge in [-0.1, -0.05) is 27.7 Å². The molecule has 1 aliphatic rings. The summed E-state index contributed by atoms with van der Waals surface area (Å²) in [5.74, 6) is 1.29. The molecule has 1 rings (SSSR count). The highest BCUT2D eigenvalue weighted by Crippen LogP contribution is 2.29. The van der Waals surface area contributed by atoms with E-state index in [-0.39, 0.29) is 0 Å². The molecule has 0 aliphatic carbocycles. The summed E-state index contributed by atoms with van der Waals surface area (Å²) in [6.07, 6.45) is 4.94. The minimum absolute atomic E-state index is 0.607. The quantitative estimate of drug-likeness (QED) is 0.712. The molecule has 0 saturated carbocycles. The van der Waals surface area contributed by atoms with Gasteiger partial charge >= 0.3 is 0 Å². The Morgan fingerprint density at radius 1 is 1.14 bits per heavy atom. The van der Waals surface area contributed by atoms with Crippen molar-refractivity contribution in [3.05, 3.63) is 0 Å². The van der Waals surface area contributed by atoms with Crippen LogP contribution in [0, 0.1) is 5.41 Å². The molecule has 0 aromatic carbocycles. The molecule has 0 radical (unpaired) electrons. The van der Waals surface area contributed by atoms with E-state index in [9.17, 15) is 0 Å². The molecule has 1 heterocycles. The summed E-state index contributed by atoms with van der Waals surface area (Å²) >= 11 is 1.95. The molecule has 0 N–H and O–H groups in total. The number of likely N-dealkylation sites (tertiary alicyclic amines) is 1. The second-order valence-electron chi connectivity index (χ2n) is 4.50. The zero-order chi connectivity index (χ0) is 11.0. The highest BCUT2D eigenvalue weighted by molar-refractivity contribution is 7.98. The second-order valence-corrected chi connectivity index (χ2v) is 5.48. The van der Waals surface area contributed by atoms with Crippen LogP contribution < -0.4 is 0 Å². The van der Waals surface area contributed by atoms with Crippen LogP contribution in [0.15, 0.2) is 0 Å². The minimum atomic E-state index is 0.607. The van der Waals surface area contributed by atoms with Crippen LogP contribution in [0.2, 0.25) is 0 Å². The van der Waals surface area contributed by atoms with Gasteiger partial charge in [-0.25, -0.2) is 0 Å². The monoisotopic (exact) mass is 217 g/mol. The minimum Gasteiger partial charge on any atom is -0.302 e. The number of hydrogen-bond donors (Lipinski definition) is 0. The highest BCUT2D eigenvalue weighted by atomic mass is 32.2. The van der Waals surface area contributed by atoms with Gasteiger partial charge in [0.1, 0.15) is 0 Å². The van der Waals surface area contributed by atoms with Crippen LogP contribution >= 0.6 is 11.8 Å². The Kier molecular flexibility index (Phi) is 7.75. The molecule has 0 spiro atoms. The van der Waals surface area contributed by atoms with Gasteiger partial charge in [-0.2, -0.15) is 11.8 Å². The van der Waals surface area contributed by atoms with Crippen molar-refractivity contribution >= 4 is 11.8 Å². The first kappa shape index (κ1) is 14.3. The van der Waals surface area contributed by atoms with Crippen molar-refractivity contribution in [3.63, 3.8) is 0 Å². The predicted octanol–water partition coefficient (Wildman–Crippen LogP) is 3.50. The van der Waals surface area contributed by atoms with Crippen molar-refractivity contribution in [1.82, 2.24) is 4.90 Å². The molecule has 1 saturated heterocycles. The van der Waals surface area contributed by atoms with Gasteiger partial charge in [-0.3, -0.25) is 0 Å². The van der Waals surface area contributed by atoms with Crippen LogP contribution in [0.4, 0.5) is 0 Å². The number of nitrogens with zero attached hydrogens (tertiary/aromatic N) is 1. The molecule has 14 heavy (non-hydrogen) atoms. The first-order valence-corrected chi connectivity index (χ1v) is 7.25. The first-order chi connectivity index (χ1) is 6.64. The Hall–Kier alpha value is 0.310. The highest BCUT2D eigenvalue weighted by Gasteiger charge is 2.24. The summed E-state index contributed by atoms with van der Waals surface area (Å²) in [5.41, 5.74) is 0.607. The molecule has 0 bridgehead atoms. The van der Waals surface area contributed by atoms with E-state index in [1.54, 1.807) is 0 Å². The Morgan fingerprint density at radius 3 is 2.07 bits per heavy atom. The smallest absolute Gasteiger partial charge is 0.00722 e. The summed E-state index contributed by atoms with van der Waals surface area (Å²) in [6.45, 7) is 12.7. The molecule has 0 aromatic heterocycles. The molecule has 0 unspecified atom stereocenters. The Bertz CT molecular complexity index is 124. The van der Waals surface area contributed by atoms with Crippen LogP contribution in [0.5, 0.6) is 0 Å². The van der Waals surface area contributed by atoms with Crippen LogP contribution in [-0.4, -0.2) is 36.5 Å². The summed E-state index contributed by atoms with van der Waals surface area (Å²) in [4.78, 5) is 2.60. The van der Waals surface area contributed by atoms with Crippen LogP contribution in [0.3, 0.4) is 0 Å². The maximum Gasteiger partial charge on any atom is 0.00722 e. The summed E-state index contributed by atoms with van der Waals surface area (Å²) < 4.78 is 0. The maximum atomic E-state index is 2.60. The van der Waals surface area contributed by atoms with Gasteiger partial charge in [0.2, 0.25) is 0 Å². The van der Waals surface area contributed by atoms with Gasteiger partial charge in [0, 0.05) is 12.3 Å². The van der Waals surface area contributed by atoms with Gasteiger partial charge < -0.3 is 4.90 Å². The third kappa shape index (κ3) is 5.92. The average Bonchev–Trinajstić information content (AvgIpc) is 2.19. The van der Waals surface area contributed by atoms with Gasteiger partial charge in [0.05, 0.1) is 0 Å². The van der Waals surface area contributed by atoms with Gasteiger partial charge in [0.15, 0.2) is 0 Å². The summed E-state index contributed by atoms with van der Waals surface area (Å²) in [7, 11) is 0. The Labute approximate surface area is 94.6 Å². The third-order valence-corrected chi connectivity index (χ3v) is 3.41.